The van der Waals surface area contributed by atoms with Gasteiger partial charge in [0.2, 0.25) is 4.96 Å². The largest absolute Gasteiger partial charge is 0.494 e. The van der Waals surface area contributed by atoms with Gasteiger partial charge in [0.05, 0.1) is 16.8 Å². The fourth-order valence-corrected chi connectivity index (χ4v) is 4.33. The van der Waals surface area contributed by atoms with Crippen molar-refractivity contribution in [3.63, 3.8) is 0 Å². The number of hydrogen-bond acceptors (Lipinski definition) is 7. The van der Waals surface area contributed by atoms with Crippen molar-refractivity contribution >= 4 is 22.4 Å². The minimum Gasteiger partial charge on any atom is -0.494 e. The average molecular weight is 458 g/mol. The second kappa shape index (κ2) is 8.44. The number of hydrogen-bond donors (Lipinski definition) is 0. The van der Waals surface area contributed by atoms with Gasteiger partial charge in [0.1, 0.15) is 17.1 Å². The molecule has 3 heterocycles. The third-order valence-electron chi connectivity index (χ3n) is 5.03. The van der Waals surface area contributed by atoms with Crippen LogP contribution in [0.3, 0.4) is 0 Å². The van der Waals surface area contributed by atoms with Crippen molar-refractivity contribution in [2.75, 3.05) is 6.61 Å². The van der Waals surface area contributed by atoms with E-state index in [1.807, 2.05) is 67.7 Å². The average Bonchev–Trinajstić information content (AvgIpc) is 3.37. The number of nitrogens with zero attached hydrogens (tertiary/aromatic N) is 5. The van der Waals surface area contributed by atoms with Crippen LogP contribution in [0, 0.1) is 6.92 Å². The van der Waals surface area contributed by atoms with Crippen LogP contribution in [0.25, 0.3) is 28.0 Å². The van der Waals surface area contributed by atoms with Crippen molar-refractivity contribution in [3.05, 3.63) is 97.3 Å². The monoisotopic (exact) mass is 457 g/mol. The molecule has 0 fully saturated rings. The Morgan fingerprint density at radius 2 is 1.79 bits per heavy atom. The summed E-state index contributed by atoms with van der Waals surface area (Å²) in [4.78, 5) is 29.0. The van der Waals surface area contributed by atoms with Gasteiger partial charge in [-0.25, -0.2) is 4.68 Å². The van der Waals surface area contributed by atoms with E-state index in [0.29, 0.717) is 16.8 Å². The molecule has 3 aromatic heterocycles. The molecular formula is C24H19N5O3S. The Morgan fingerprint density at radius 3 is 2.52 bits per heavy atom. The van der Waals surface area contributed by atoms with Crippen molar-refractivity contribution in [2.24, 2.45) is 0 Å². The molecule has 0 bridgehead atoms. The van der Waals surface area contributed by atoms with Crippen LogP contribution in [0.15, 0.2) is 70.4 Å². The van der Waals surface area contributed by atoms with Gasteiger partial charge in [0.25, 0.3) is 11.1 Å². The Balaban J connectivity index is 1.70. The van der Waals surface area contributed by atoms with E-state index < -0.39 is 5.56 Å². The summed E-state index contributed by atoms with van der Waals surface area (Å²) in [5.41, 5.74) is 2.67. The highest BCUT2D eigenvalue weighted by Gasteiger charge is 2.14. The fraction of sp³-hybridized carbons (Fsp3) is 0.125. The zero-order valence-electron chi connectivity index (χ0n) is 17.9. The minimum absolute atomic E-state index is 0.181. The van der Waals surface area contributed by atoms with E-state index in [1.165, 1.54) is 11.4 Å². The summed E-state index contributed by atoms with van der Waals surface area (Å²) in [5, 5.41) is 8.88. The molecule has 9 heteroatoms. The smallest absolute Gasteiger partial charge is 0.295 e. The number of ether oxygens (including phenoxy) is 1. The topological polar surface area (TPSA) is 91.4 Å². The van der Waals surface area contributed by atoms with Crippen LogP contribution in [-0.4, -0.2) is 31.0 Å². The summed E-state index contributed by atoms with van der Waals surface area (Å²) in [5.74, 6) is 0.776. The molecule has 0 spiro atoms. The van der Waals surface area contributed by atoms with Crippen molar-refractivity contribution in [2.45, 2.75) is 13.8 Å². The van der Waals surface area contributed by atoms with Gasteiger partial charge in [0, 0.05) is 17.3 Å². The van der Waals surface area contributed by atoms with Crippen molar-refractivity contribution in [1.82, 2.24) is 24.4 Å². The maximum atomic E-state index is 12.9. The lowest BCUT2D eigenvalue weighted by atomic mass is 10.1. The molecule has 0 radical (unpaired) electrons. The van der Waals surface area contributed by atoms with Crippen LogP contribution in [0.1, 0.15) is 18.2 Å². The second-order valence-electron chi connectivity index (χ2n) is 7.28. The van der Waals surface area contributed by atoms with Gasteiger partial charge >= 0.3 is 0 Å². The van der Waals surface area contributed by atoms with Gasteiger partial charge < -0.3 is 4.74 Å². The molecule has 5 aromatic rings. The first-order valence-electron chi connectivity index (χ1n) is 10.3. The Kier molecular flexibility index (Phi) is 5.31. The third-order valence-corrected chi connectivity index (χ3v) is 5.99. The molecule has 5 rings (SSSR count). The third kappa shape index (κ3) is 3.94. The van der Waals surface area contributed by atoms with Crippen LogP contribution >= 0.6 is 11.3 Å². The van der Waals surface area contributed by atoms with Crippen molar-refractivity contribution < 1.29 is 4.74 Å². The minimum atomic E-state index is -0.435. The highest BCUT2D eigenvalue weighted by molar-refractivity contribution is 7.15. The quantitative estimate of drug-likeness (QED) is 0.403. The molecule has 0 unspecified atom stereocenters. The van der Waals surface area contributed by atoms with Gasteiger partial charge in [0.15, 0.2) is 0 Å². The number of benzene rings is 2. The van der Waals surface area contributed by atoms with Gasteiger partial charge in [-0.05, 0) is 56.3 Å². The Morgan fingerprint density at radius 1 is 1.03 bits per heavy atom. The first kappa shape index (κ1) is 20.8. The fourth-order valence-electron chi connectivity index (χ4n) is 3.43. The molecule has 0 atom stereocenters. The number of fused-ring (bicyclic) bond motifs is 1. The molecule has 0 aliphatic heterocycles. The van der Waals surface area contributed by atoms with Crippen LogP contribution in [-0.2, 0) is 0 Å². The van der Waals surface area contributed by atoms with E-state index in [4.69, 9.17) is 9.84 Å². The lowest BCUT2D eigenvalue weighted by Gasteiger charge is -2.04. The molecular weight excluding hydrogens is 438 g/mol. The zero-order chi connectivity index (χ0) is 22.9. The number of aryl methyl sites for hydroxylation is 1. The first-order chi connectivity index (χ1) is 16.0. The predicted molar refractivity (Wildman–Crippen MR) is 127 cm³/mol. The zero-order valence-corrected chi connectivity index (χ0v) is 18.7. The molecule has 0 N–H and O–H groups in total. The number of thiazole rings is 1. The summed E-state index contributed by atoms with van der Waals surface area (Å²) >= 11 is 1.12. The molecule has 0 saturated heterocycles. The highest BCUT2D eigenvalue weighted by atomic mass is 32.1. The van der Waals surface area contributed by atoms with Gasteiger partial charge in [-0.2, -0.15) is 19.7 Å². The van der Waals surface area contributed by atoms with Crippen molar-refractivity contribution in [3.8, 4) is 22.7 Å². The summed E-state index contributed by atoms with van der Waals surface area (Å²) in [6.45, 7) is 4.06. The molecule has 164 valence electrons. The van der Waals surface area contributed by atoms with E-state index in [0.717, 1.165) is 33.9 Å². The maximum Gasteiger partial charge on any atom is 0.295 e. The van der Waals surface area contributed by atoms with Crippen molar-refractivity contribution in [1.29, 1.82) is 0 Å². The number of para-hydroxylation sites is 1. The second-order valence-corrected chi connectivity index (χ2v) is 8.29. The van der Waals surface area contributed by atoms with Crippen LogP contribution in [0.2, 0.25) is 0 Å². The molecule has 0 amide bonds. The maximum absolute atomic E-state index is 12.9. The van der Waals surface area contributed by atoms with E-state index in [9.17, 15) is 9.59 Å². The molecule has 8 nitrogen and oxygen atoms in total. The van der Waals surface area contributed by atoms with Gasteiger partial charge in [-0.3, -0.25) is 9.59 Å². The lowest BCUT2D eigenvalue weighted by Crippen LogP contribution is -2.27. The Hall–Kier alpha value is -4.11. The summed E-state index contributed by atoms with van der Waals surface area (Å²) in [6, 6.07) is 17.4. The molecule has 33 heavy (non-hydrogen) atoms. The van der Waals surface area contributed by atoms with E-state index in [1.54, 1.807) is 10.8 Å². The molecule has 2 aromatic carbocycles. The van der Waals surface area contributed by atoms with E-state index in [2.05, 4.69) is 10.1 Å². The molecule has 0 aliphatic carbocycles. The van der Waals surface area contributed by atoms with Gasteiger partial charge in [-0.15, -0.1) is 0 Å². The van der Waals surface area contributed by atoms with E-state index >= 15 is 0 Å². The Labute approximate surface area is 192 Å². The molecule has 0 aliphatic rings. The SMILES string of the molecule is CCOc1ccc(-c2nn(-c3ccccc3)cc2C=c2sc3nc(=O)c(C)nn3c2=O)cc1. The highest BCUT2D eigenvalue weighted by Crippen LogP contribution is 2.26. The Bertz CT molecular complexity index is 1620. The summed E-state index contributed by atoms with van der Waals surface area (Å²) < 4.78 is 8.92. The van der Waals surface area contributed by atoms with Crippen LogP contribution in [0.4, 0.5) is 0 Å². The molecule has 0 saturated carbocycles. The number of aromatic nitrogens is 5. The standard InChI is InChI=1S/C24H19N5O3S/c1-3-32-19-11-9-16(10-12-19)21-17(14-28(27-21)18-7-5-4-6-8-18)13-20-23(31)29-24(33-20)25-22(30)15(2)26-29/h4-14H,3H2,1-2H3. The summed E-state index contributed by atoms with van der Waals surface area (Å²) in [6.07, 6.45) is 3.64. The summed E-state index contributed by atoms with van der Waals surface area (Å²) in [7, 11) is 0. The van der Waals surface area contributed by atoms with Crippen LogP contribution in [0.5, 0.6) is 5.75 Å². The van der Waals surface area contributed by atoms with Crippen LogP contribution < -0.4 is 20.4 Å². The van der Waals surface area contributed by atoms with Gasteiger partial charge in [-0.1, -0.05) is 29.5 Å². The first-order valence-corrected chi connectivity index (χ1v) is 11.2. The predicted octanol–water partition coefficient (Wildman–Crippen LogP) is 2.62. The normalized spacial score (nSPS) is 11.9. The number of rotatable bonds is 5. The van der Waals surface area contributed by atoms with E-state index in [-0.39, 0.29) is 16.2 Å². The lowest BCUT2D eigenvalue weighted by molar-refractivity contribution is 0.340.